The zero-order chi connectivity index (χ0) is 33.1. The maximum Gasteiger partial charge on any atom is 0.412 e. The summed E-state index contributed by atoms with van der Waals surface area (Å²) in [5, 5.41) is 6.95. The number of piperidine rings is 1. The number of ether oxygens (including phenoxy) is 2. The molecule has 0 radical (unpaired) electrons. The maximum absolute atomic E-state index is 13.1. The highest BCUT2D eigenvalue weighted by molar-refractivity contribution is 7.90. The molecule has 2 amide bonds. The Morgan fingerprint density at radius 2 is 1.70 bits per heavy atom. The third-order valence-corrected chi connectivity index (χ3v) is 10.3. The number of rotatable bonds is 11. The quantitative estimate of drug-likeness (QED) is 0.271. The van der Waals surface area contributed by atoms with Crippen molar-refractivity contribution in [2.45, 2.75) is 63.9 Å². The molecule has 2 heterocycles. The van der Waals surface area contributed by atoms with Crippen molar-refractivity contribution >= 4 is 39.4 Å². The zero-order valence-electron chi connectivity index (χ0n) is 26.4. The van der Waals surface area contributed by atoms with Crippen molar-refractivity contribution in [3.8, 4) is 0 Å². The Morgan fingerprint density at radius 3 is 2.30 bits per heavy atom. The lowest BCUT2D eigenvalue weighted by Gasteiger charge is -2.33. The van der Waals surface area contributed by atoms with Gasteiger partial charge in [-0.05, 0) is 62.8 Å². The lowest BCUT2D eigenvalue weighted by atomic mass is 9.92. The molecule has 246 valence electrons. The van der Waals surface area contributed by atoms with Crippen molar-refractivity contribution in [3.63, 3.8) is 0 Å². The molecule has 1 aliphatic heterocycles. The van der Waals surface area contributed by atoms with Crippen molar-refractivity contribution in [3.05, 3.63) is 77.2 Å². The Balaban J connectivity index is 1.16. The number of sulfonamides is 1. The summed E-state index contributed by atoms with van der Waals surface area (Å²) in [4.78, 5) is 39.7. The minimum Gasteiger partial charge on any atom is -0.469 e. The minimum atomic E-state index is -4.02. The Bertz CT molecular complexity index is 1660. The summed E-state index contributed by atoms with van der Waals surface area (Å²) in [6.07, 6.45) is 1.63. The Kier molecular flexibility index (Phi) is 9.71. The molecule has 2 fully saturated rings. The fourth-order valence-corrected chi connectivity index (χ4v) is 7.30. The molecule has 2 aromatic carbocycles. The predicted molar refractivity (Wildman–Crippen MR) is 171 cm³/mol. The standard InChI is InChI=1S/C33H40N4O8S/c1-21(30(38)43-4)20-46(41,42)36-31(39)33(16-17-33)26-10-12-27(13-11-26)37-18-14-25(15-19-37)29-28(22(2)35-45-29)34-32(40)44-23(3)24-8-6-5-7-9-24/h5-13,21,23,25H,14-20H2,1-4H3,(H,34,40)(H,36,39)/t21?,23-/m1/s1. The largest absolute Gasteiger partial charge is 0.469 e. The second kappa shape index (κ2) is 13.5. The molecule has 1 aliphatic carbocycles. The van der Waals surface area contributed by atoms with Crippen LogP contribution in [0, 0.1) is 12.8 Å². The molecule has 1 unspecified atom stereocenters. The second-order valence-corrected chi connectivity index (χ2v) is 13.9. The normalized spacial score (nSPS) is 17.4. The SMILES string of the molecule is COC(=O)C(C)CS(=O)(=O)NC(=O)C1(c2ccc(N3CCC(c4onc(C)c4NC(=O)O[C@H](C)c4ccccc4)CC3)cc2)CC1. The van der Waals surface area contributed by atoms with Gasteiger partial charge >= 0.3 is 12.1 Å². The van der Waals surface area contributed by atoms with Crippen molar-refractivity contribution in [2.75, 3.05) is 36.2 Å². The van der Waals surface area contributed by atoms with Gasteiger partial charge in [0, 0.05) is 24.7 Å². The van der Waals surface area contributed by atoms with Crippen molar-refractivity contribution < 1.29 is 36.8 Å². The van der Waals surface area contributed by atoms with Gasteiger partial charge in [-0.2, -0.15) is 0 Å². The number of nitrogens with one attached hydrogen (secondary N) is 2. The minimum absolute atomic E-state index is 0.0563. The van der Waals surface area contributed by atoms with Crippen LogP contribution in [0.1, 0.15) is 74.1 Å². The van der Waals surface area contributed by atoms with Gasteiger partial charge in [-0.15, -0.1) is 0 Å². The number of anilines is 2. The summed E-state index contributed by atoms with van der Waals surface area (Å²) in [5.41, 5.74) is 2.86. The molecule has 1 saturated carbocycles. The highest BCUT2D eigenvalue weighted by Crippen LogP contribution is 2.49. The summed E-state index contributed by atoms with van der Waals surface area (Å²) >= 11 is 0. The van der Waals surface area contributed by atoms with E-state index in [0.717, 1.165) is 42.7 Å². The van der Waals surface area contributed by atoms with Gasteiger partial charge in [-0.25, -0.2) is 13.2 Å². The number of methoxy groups -OCH3 is 1. The van der Waals surface area contributed by atoms with Gasteiger partial charge < -0.3 is 18.9 Å². The first kappa shape index (κ1) is 33.0. The van der Waals surface area contributed by atoms with E-state index in [9.17, 15) is 22.8 Å². The predicted octanol–water partition coefficient (Wildman–Crippen LogP) is 4.96. The molecular formula is C33H40N4O8S. The lowest BCUT2D eigenvalue weighted by molar-refractivity contribution is -0.144. The van der Waals surface area contributed by atoms with Gasteiger partial charge in [0.15, 0.2) is 5.76 Å². The molecule has 13 heteroatoms. The second-order valence-electron chi connectivity index (χ2n) is 12.1. The van der Waals surface area contributed by atoms with Crippen LogP contribution in [0.2, 0.25) is 0 Å². The van der Waals surface area contributed by atoms with Gasteiger partial charge in [0.1, 0.15) is 17.5 Å². The summed E-state index contributed by atoms with van der Waals surface area (Å²) in [5.74, 6) is -1.96. The number of carbonyl (C=O) groups excluding carboxylic acids is 3. The van der Waals surface area contributed by atoms with E-state index in [1.165, 1.54) is 14.0 Å². The van der Waals surface area contributed by atoms with Crippen LogP contribution in [-0.4, -0.2) is 57.5 Å². The van der Waals surface area contributed by atoms with Crippen molar-refractivity contribution in [1.82, 2.24) is 9.88 Å². The van der Waals surface area contributed by atoms with E-state index in [2.05, 4.69) is 24.8 Å². The molecule has 1 saturated heterocycles. The number of aromatic nitrogens is 1. The average Bonchev–Trinajstić information content (AvgIpc) is 3.79. The van der Waals surface area contributed by atoms with Crippen LogP contribution in [0.15, 0.2) is 59.1 Å². The van der Waals surface area contributed by atoms with E-state index in [4.69, 9.17) is 9.26 Å². The first-order valence-electron chi connectivity index (χ1n) is 15.4. The molecule has 0 spiro atoms. The molecule has 46 heavy (non-hydrogen) atoms. The fraction of sp³-hybridized carbons (Fsp3) is 0.455. The van der Waals surface area contributed by atoms with E-state index in [1.807, 2.05) is 61.5 Å². The molecule has 12 nitrogen and oxygen atoms in total. The number of esters is 1. The van der Waals surface area contributed by atoms with Gasteiger partial charge in [0.05, 0.1) is 24.2 Å². The first-order chi connectivity index (χ1) is 21.9. The molecule has 2 atom stereocenters. The lowest BCUT2D eigenvalue weighted by Crippen LogP contribution is -2.41. The summed E-state index contributed by atoms with van der Waals surface area (Å²) in [6.45, 7) is 6.52. The molecule has 1 aromatic heterocycles. The van der Waals surface area contributed by atoms with E-state index >= 15 is 0 Å². The van der Waals surface area contributed by atoms with Crippen LogP contribution in [0.3, 0.4) is 0 Å². The Hall–Kier alpha value is -4.39. The van der Waals surface area contributed by atoms with Crippen molar-refractivity contribution in [1.29, 1.82) is 0 Å². The van der Waals surface area contributed by atoms with E-state index in [1.54, 1.807) is 6.92 Å². The molecule has 2 N–H and O–H groups in total. The molecule has 5 rings (SSSR count). The summed E-state index contributed by atoms with van der Waals surface area (Å²) in [6, 6.07) is 17.2. The highest BCUT2D eigenvalue weighted by atomic mass is 32.2. The zero-order valence-corrected chi connectivity index (χ0v) is 27.3. The van der Waals surface area contributed by atoms with Gasteiger partial charge in [0.2, 0.25) is 15.9 Å². The van der Waals surface area contributed by atoms with Crippen molar-refractivity contribution in [2.24, 2.45) is 5.92 Å². The number of benzene rings is 2. The number of carbonyl (C=O) groups is 3. The fourth-order valence-electron chi connectivity index (χ4n) is 5.94. The van der Waals surface area contributed by atoms with Crippen LogP contribution in [-0.2, 0) is 34.5 Å². The number of amides is 2. The number of nitrogens with zero attached hydrogens (tertiary/aromatic N) is 2. The highest BCUT2D eigenvalue weighted by Gasteiger charge is 2.52. The Morgan fingerprint density at radius 1 is 1.04 bits per heavy atom. The maximum atomic E-state index is 13.1. The number of hydrogen-bond acceptors (Lipinski definition) is 10. The van der Waals surface area contributed by atoms with Gasteiger partial charge in [0.25, 0.3) is 0 Å². The molecular weight excluding hydrogens is 612 g/mol. The molecule has 0 bridgehead atoms. The summed E-state index contributed by atoms with van der Waals surface area (Å²) < 4.78 is 43.1. The summed E-state index contributed by atoms with van der Waals surface area (Å²) in [7, 11) is -2.83. The average molecular weight is 653 g/mol. The number of aryl methyl sites for hydroxylation is 1. The van der Waals surface area contributed by atoms with Gasteiger partial charge in [-0.3, -0.25) is 19.6 Å². The molecule has 2 aliphatic rings. The monoisotopic (exact) mass is 652 g/mol. The van der Waals surface area contributed by atoms with Crippen LogP contribution >= 0.6 is 0 Å². The third-order valence-electron chi connectivity index (χ3n) is 8.83. The van der Waals surface area contributed by atoms with E-state index in [0.29, 0.717) is 30.0 Å². The van der Waals surface area contributed by atoms with Crippen LogP contribution in [0.4, 0.5) is 16.2 Å². The third kappa shape index (κ3) is 7.35. The van der Waals surface area contributed by atoms with Gasteiger partial charge in [-0.1, -0.05) is 54.5 Å². The number of hydrogen-bond donors (Lipinski definition) is 2. The first-order valence-corrected chi connectivity index (χ1v) is 17.0. The smallest absolute Gasteiger partial charge is 0.412 e. The van der Waals surface area contributed by atoms with E-state index in [-0.39, 0.29) is 5.92 Å². The van der Waals surface area contributed by atoms with E-state index < -0.39 is 51.2 Å². The topological polar surface area (TPSA) is 157 Å². The Labute approximate surface area is 268 Å². The molecule has 3 aromatic rings. The van der Waals surface area contributed by atoms with Crippen LogP contribution in [0.5, 0.6) is 0 Å². The van der Waals surface area contributed by atoms with Crippen LogP contribution in [0.25, 0.3) is 0 Å². The van der Waals surface area contributed by atoms with Crippen LogP contribution < -0.4 is 14.9 Å².